The van der Waals surface area contributed by atoms with Gasteiger partial charge in [0.05, 0.1) is 6.61 Å². The number of unbranched alkanes of at least 4 members (excludes halogenated alkanes) is 18. The molecule has 0 radical (unpaired) electrons. The van der Waals surface area contributed by atoms with E-state index in [0.717, 1.165) is 57.8 Å². The van der Waals surface area contributed by atoms with Crippen LogP contribution in [0.25, 0.3) is 0 Å². The van der Waals surface area contributed by atoms with Crippen LogP contribution in [-0.2, 0) is 38.7 Å². The summed E-state index contributed by atoms with van der Waals surface area (Å²) in [4.78, 5) is 25.2. The smallest absolute Gasteiger partial charge is 0.306 e. The number of allylic oxidation sites excluding steroid dienone is 2. The first-order valence-corrected chi connectivity index (χ1v) is 21.4. The first-order valence-electron chi connectivity index (χ1n) is 19.7. The Hall–Kier alpha value is -1.61. The zero-order valence-corrected chi connectivity index (χ0v) is 32.3. The van der Waals surface area contributed by atoms with Crippen LogP contribution in [0.2, 0.25) is 0 Å². The van der Waals surface area contributed by atoms with Gasteiger partial charge in [0.1, 0.15) is 36.8 Å². The Morgan fingerprint density at radius 3 is 1.63 bits per heavy atom. The van der Waals surface area contributed by atoms with E-state index in [1.54, 1.807) is 0 Å². The molecule has 300 valence electrons. The molecular formula is C38H70O12S. The molecule has 2 unspecified atom stereocenters. The van der Waals surface area contributed by atoms with E-state index in [1.807, 2.05) is 0 Å². The van der Waals surface area contributed by atoms with Gasteiger partial charge in [0.2, 0.25) is 0 Å². The number of ether oxygens (including phenoxy) is 4. The average molecular weight is 751 g/mol. The lowest BCUT2D eigenvalue weighted by Gasteiger charge is -2.40. The molecular weight excluding hydrogens is 680 g/mol. The van der Waals surface area contributed by atoms with Crippen LogP contribution >= 0.6 is 0 Å². The van der Waals surface area contributed by atoms with Crippen molar-refractivity contribution in [2.45, 2.75) is 198 Å². The highest BCUT2D eigenvalue weighted by Gasteiger charge is 2.46. The maximum atomic E-state index is 12.7. The van der Waals surface area contributed by atoms with Gasteiger partial charge in [-0.3, -0.25) is 14.1 Å². The topological polar surface area (TPSA) is 186 Å². The quantitative estimate of drug-likeness (QED) is 0.0247. The van der Waals surface area contributed by atoms with Gasteiger partial charge in [-0.25, -0.2) is 0 Å². The van der Waals surface area contributed by atoms with Crippen molar-refractivity contribution in [2.24, 2.45) is 0 Å². The number of aliphatic hydroxyl groups excluding tert-OH is 3. The van der Waals surface area contributed by atoms with Crippen molar-refractivity contribution in [1.29, 1.82) is 0 Å². The van der Waals surface area contributed by atoms with Gasteiger partial charge in [-0.05, 0) is 38.5 Å². The second kappa shape index (κ2) is 29.8. The van der Waals surface area contributed by atoms with Gasteiger partial charge < -0.3 is 34.3 Å². The van der Waals surface area contributed by atoms with Crippen molar-refractivity contribution in [3.63, 3.8) is 0 Å². The normalized spacial score (nSPS) is 21.6. The minimum atomic E-state index is -4.59. The van der Waals surface area contributed by atoms with E-state index in [9.17, 15) is 37.9 Å². The maximum Gasteiger partial charge on any atom is 0.306 e. The van der Waals surface area contributed by atoms with E-state index in [0.29, 0.717) is 12.8 Å². The third-order valence-corrected chi connectivity index (χ3v) is 9.85. The summed E-state index contributed by atoms with van der Waals surface area (Å²) in [6.07, 6.45) is 18.5. The summed E-state index contributed by atoms with van der Waals surface area (Å²) < 4.78 is 53.7. The minimum Gasteiger partial charge on any atom is -0.462 e. The third-order valence-electron chi connectivity index (χ3n) is 9.10. The Labute approximate surface area is 307 Å². The highest BCUT2D eigenvalue weighted by molar-refractivity contribution is 7.85. The number of carbonyl (C=O) groups is 2. The van der Waals surface area contributed by atoms with Crippen LogP contribution in [0, 0.1) is 0 Å². The van der Waals surface area contributed by atoms with Crippen molar-refractivity contribution in [1.82, 2.24) is 0 Å². The van der Waals surface area contributed by atoms with Crippen LogP contribution in [0.3, 0.4) is 0 Å². The Morgan fingerprint density at radius 1 is 0.647 bits per heavy atom. The predicted octanol–water partition coefficient (Wildman–Crippen LogP) is 6.72. The van der Waals surface area contributed by atoms with Crippen LogP contribution in [0.15, 0.2) is 12.2 Å². The summed E-state index contributed by atoms with van der Waals surface area (Å²) in [5.41, 5.74) is 0. The first kappa shape index (κ1) is 47.4. The van der Waals surface area contributed by atoms with Crippen molar-refractivity contribution >= 4 is 22.1 Å². The molecule has 1 heterocycles. The average Bonchev–Trinajstić information content (AvgIpc) is 3.09. The monoisotopic (exact) mass is 750 g/mol. The molecule has 1 aliphatic rings. The van der Waals surface area contributed by atoms with Crippen molar-refractivity contribution in [3.05, 3.63) is 12.2 Å². The fraction of sp³-hybridized carbons (Fsp3) is 0.895. The van der Waals surface area contributed by atoms with Crippen LogP contribution in [-0.4, -0.2) is 96.0 Å². The van der Waals surface area contributed by atoms with E-state index in [2.05, 4.69) is 26.0 Å². The highest BCUT2D eigenvalue weighted by Crippen LogP contribution is 2.24. The molecule has 0 bridgehead atoms. The summed E-state index contributed by atoms with van der Waals surface area (Å²) >= 11 is 0. The third kappa shape index (κ3) is 25.1. The lowest BCUT2D eigenvalue weighted by atomic mass is 10.00. The number of rotatable bonds is 32. The lowest BCUT2D eigenvalue weighted by molar-refractivity contribution is -0.297. The van der Waals surface area contributed by atoms with E-state index in [4.69, 9.17) is 18.9 Å². The second-order valence-electron chi connectivity index (χ2n) is 14.0. The summed E-state index contributed by atoms with van der Waals surface area (Å²) in [7, 11) is -4.59. The minimum absolute atomic E-state index is 0.166. The Balaban J connectivity index is 2.50. The van der Waals surface area contributed by atoms with E-state index >= 15 is 0 Å². The number of esters is 2. The molecule has 4 N–H and O–H groups in total. The summed E-state index contributed by atoms with van der Waals surface area (Å²) in [5, 5.41) is 30.7. The number of hydrogen-bond acceptors (Lipinski definition) is 11. The molecule has 0 aromatic rings. The van der Waals surface area contributed by atoms with Gasteiger partial charge in [0.25, 0.3) is 10.1 Å². The molecule has 0 aliphatic carbocycles. The molecule has 0 amide bonds. The van der Waals surface area contributed by atoms with Gasteiger partial charge in [0, 0.05) is 12.8 Å². The van der Waals surface area contributed by atoms with Crippen LogP contribution < -0.4 is 0 Å². The maximum absolute atomic E-state index is 12.7. The van der Waals surface area contributed by atoms with Gasteiger partial charge >= 0.3 is 11.9 Å². The molecule has 0 aromatic heterocycles. The fourth-order valence-corrected chi connectivity index (χ4v) is 6.65. The van der Waals surface area contributed by atoms with Crippen molar-refractivity contribution in [3.8, 4) is 0 Å². The standard InChI is InChI=1S/C38H70O12S/c1-3-5-7-9-11-13-14-15-16-17-19-20-22-24-26-33(39)47-28-31(49-34(40)27-25-23-21-18-12-10-8-6-4-2)29-48-38-37(43)36(42)35(41)32(50-38)30-51(44,45)46/h14-15,31-32,35-38,41-43H,3-13,16-30H2,1-2H3,(H,44,45,46)/b15-14+/t31-,32+,35+,36?,37?,38-/m1/s1. The molecule has 12 nitrogen and oxygen atoms in total. The summed E-state index contributed by atoms with van der Waals surface area (Å²) in [5.74, 6) is -1.99. The van der Waals surface area contributed by atoms with Gasteiger partial charge in [-0.15, -0.1) is 0 Å². The molecule has 0 spiro atoms. The lowest BCUT2D eigenvalue weighted by Crippen LogP contribution is -2.60. The van der Waals surface area contributed by atoms with Gasteiger partial charge in [-0.1, -0.05) is 122 Å². The molecule has 1 aliphatic heterocycles. The van der Waals surface area contributed by atoms with Crippen LogP contribution in [0.1, 0.15) is 162 Å². The van der Waals surface area contributed by atoms with Crippen LogP contribution in [0.4, 0.5) is 0 Å². The van der Waals surface area contributed by atoms with Crippen LogP contribution in [0.5, 0.6) is 0 Å². The van der Waals surface area contributed by atoms with E-state index in [1.165, 1.54) is 64.2 Å². The van der Waals surface area contributed by atoms with Gasteiger partial charge in [-0.2, -0.15) is 8.42 Å². The van der Waals surface area contributed by atoms with E-state index < -0.39 is 71.2 Å². The largest absolute Gasteiger partial charge is 0.462 e. The highest BCUT2D eigenvalue weighted by atomic mass is 32.2. The Kier molecular flexibility index (Phi) is 27.7. The molecule has 0 saturated carbocycles. The fourth-order valence-electron chi connectivity index (χ4n) is 5.96. The summed E-state index contributed by atoms with van der Waals surface area (Å²) in [6.45, 7) is 3.69. The Bertz CT molecular complexity index is 1020. The zero-order chi connectivity index (χ0) is 37.7. The van der Waals surface area contributed by atoms with Gasteiger partial charge in [0.15, 0.2) is 12.4 Å². The molecule has 0 aromatic carbocycles. The SMILES string of the molecule is CCCCCCC/C=C/CCCCCCCC(=O)OC[C@H](CO[C@@H]1O[C@@H](CS(=O)(=O)O)[C@H](O)C(O)C1O)OC(=O)CCCCCCCCCCC. The van der Waals surface area contributed by atoms with Crippen molar-refractivity contribution < 1.29 is 56.8 Å². The van der Waals surface area contributed by atoms with E-state index in [-0.39, 0.29) is 19.4 Å². The number of hydrogen-bond donors (Lipinski definition) is 4. The van der Waals surface area contributed by atoms with Crippen molar-refractivity contribution in [2.75, 3.05) is 19.0 Å². The molecule has 51 heavy (non-hydrogen) atoms. The number of carbonyl (C=O) groups excluding carboxylic acids is 2. The second-order valence-corrected chi connectivity index (χ2v) is 15.4. The predicted molar refractivity (Wildman–Crippen MR) is 197 cm³/mol. The molecule has 1 rings (SSSR count). The molecule has 6 atom stereocenters. The molecule has 1 fully saturated rings. The number of aliphatic hydroxyl groups is 3. The Morgan fingerprint density at radius 2 is 1.12 bits per heavy atom. The molecule has 13 heteroatoms. The zero-order valence-electron chi connectivity index (χ0n) is 31.5. The summed E-state index contributed by atoms with van der Waals surface area (Å²) in [6, 6.07) is 0. The molecule has 1 saturated heterocycles. The first-order chi connectivity index (χ1) is 24.5.